The normalized spacial score (nSPS) is 17.5. The fourth-order valence-electron chi connectivity index (χ4n) is 2.52. The van der Waals surface area contributed by atoms with Crippen LogP contribution < -0.4 is 10.2 Å². The molecule has 0 radical (unpaired) electrons. The summed E-state index contributed by atoms with van der Waals surface area (Å²) in [7, 11) is 0. The van der Waals surface area contributed by atoms with Gasteiger partial charge in [0.15, 0.2) is 0 Å². The third kappa shape index (κ3) is 3.88. The largest absolute Gasteiger partial charge is 0.371 e. The Morgan fingerprint density at radius 2 is 1.94 bits per heavy atom. The number of nitrogens with one attached hydrogen (secondary N) is 1. The zero-order chi connectivity index (χ0) is 12.6. The molecular formula is C16H24N2. The molecule has 1 saturated heterocycles. The topological polar surface area (TPSA) is 15.3 Å². The highest BCUT2D eigenvalue weighted by molar-refractivity contribution is 5.46. The Hall–Kier alpha value is -1.28. The molecule has 0 aromatic heterocycles. The van der Waals surface area contributed by atoms with Crippen LogP contribution >= 0.6 is 0 Å². The first-order valence-corrected chi connectivity index (χ1v) is 7.04. The molecule has 1 aliphatic heterocycles. The molecule has 18 heavy (non-hydrogen) atoms. The van der Waals surface area contributed by atoms with Gasteiger partial charge in [0.25, 0.3) is 0 Å². The predicted octanol–water partition coefficient (Wildman–Crippen LogP) is 3.21. The van der Waals surface area contributed by atoms with Crippen molar-refractivity contribution in [2.75, 3.05) is 24.5 Å². The van der Waals surface area contributed by atoms with Crippen molar-refractivity contribution in [2.24, 2.45) is 0 Å². The first kappa shape index (κ1) is 13.2. The standard InChI is InChI=1S/C16H24N2/c1-2-3-7-12-17-15-10-13-18(14-11-15)16-8-5-4-6-9-16/h2-6,8-9,15,17H,7,10-14H2,1H3/b3-2+. The summed E-state index contributed by atoms with van der Waals surface area (Å²) < 4.78 is 0. The summed E-state index contributed by atoms with van der Waals surface area (Å²) in [6.07, 6.45) is 8.01. The Morgan fingerprint density at radius 1 is 1.22 bits per heavy atom. The number of para-hydroxylation sites is 1. The van der Waals surface area contributed by atoms with Crippen molar-refractivity contribution in [1.82, 2.24) is 5.32 Å². The van der Waals surface area contributed by atoms with Crippen LogP contribution in [-0.4, -0.2) is 25.7 Å². The highest BCUT2D eigenvalue weighted by Gasteiger charge is 2.18. The Kier molecular flexibility index (Phi) is 5.28. The molecule has 0 amide bonds. The van der Waals surface area contributed by atoms with E-state index in [0.717, 1.165) is 13.0 Å². The molecule has 0 atom stereocenters. The highest BCUT2D eigenvalue weighted by atomic mass is 15.1. The Morgan fingerprint density at radius 3 is 2.61 bits per heavy atom. The fraction of sp³-hybridized carbons (Fsp3) is 0.500. The molecule has 0 unspecified atom stereocenters. The minimum atomic E-state index is 0.704. The van der Waals surface area contributed by atoms with Crippen molar-refractivity contribution in [3.05, 3.63) is 42.5 Å². The van der Waals surface area contributed by atoms with Crippen molar-refractivity contribution in [2.45, 2.75) is 32.2 Å². The summed E-state index contributed by atoms with van der Waals surface area (Å²) in [5.74, 6) is 0. The maximum absolute atomic E-state index is 3.65. The SMILES string of the molecule is C/C=C/CCNC1CCN(c2ccccc2)CC1. The van der Waals surface area contributed by atoms with Crippen LogP contribution in [0.2, 0.25) is 0 Å². The number of allylic oxidation sites excluding steroid dienone is 1. The van der Waals surface area contributed by atoms with Gasteiger partial charge in [-0.2, -0.15) is 0 Å². The second kappa shape index (κ2) is 7.22. The van der Waals surface area contributed by atoms with Gasteiger partial charge in [0, 0.05) is 24.8 Å². The Balaban J connectivity index is 1.71. The third-order valence-corrected chi connectivity index (χ3v) is 3.60. The van der Waals surface area contributed by atoms with E-state index in [-0.39, 0.29) is 0 Å². The maximum atomic E-state index is 3.65. The lowest BCUT2D eigenvalue weighted by Gasteiger charge is -2.34. The van der Waals surface area contributed by atoms with Crippen LogP contribution in [0.1, 0.15) is 26.2 Å². The minimum Gasteiger partial charge on any atom is -0.371 e. The number of anilines is 1. The first-order chi connectivity index (χ1) is 8.90. The van der Waals surface area contributed by atoms with Crippen LogP contribution in [0.15, 0.2) is 42.5 Å². The first-order valence-electron chi connectivity index (χ1n) is 7.04. The lowest BCUT2D eigenvalue weighted by atomic mass is 10.0. The van der Waals surface area contributed by atoms with Gasteiger partial charge in [-0.3, -0.25) is 0 Å². The summed E-state index contributed by atoms with van der Waals surface area (Å²) >= 11 is 0. The Bertz CT molecular complexity index is 351. The molecule has 2 heteroatoms. The number of hydrogen-bond donors (Lipinski definition) is 1. The van der Waals surface area contributed by atoms with Gasteiger partial charge in [-0.25, -0.2) is 0 Å². The minimum absolute atomic E-state index is 0.704. The van der Waals surface area contributed by atoms with Gasteiger partial charge in [0.1, 0.15) is 0 Å². The summed E-state index contributed by atoms with van der Waals surface area (Å²) in [4.78, 5) is 2.49. The van der Waals surface area contributed by atoms with E-state index in [2.05, 4.69) is 59.6 Å². The van der Waals surface area contributed by atoms with E-state index < -0.39 is 0 Å². The van der Waals surface area contributed by atoms with Crippen LogP contribution in [0, 0.1) is 0 Å². The van der Waals surface area contributed by atoms with E-state index >= 15 is 0 Å². The summed E-state index contributed by atoms with van der Waals surface area (Å²) in [5.41, 5.74) is 1.37. The van der Waals surface area contributed by atoms with Gasteiger partial charge in [-0.1, -0.05) is 30.4 Å². The van der Waals surface area contributed by atoms with Crippen molar-refractivity contribution in [3.63, 3.8) is 0 Å². The second-order valence-electron chi connectivity index (χ2n) is 4.91. The molecule has 0 spiro atoms. The highest BCUT2D eigenvalue weighted by Crippen LogP contribution is 2.19. The van der Waals surface area contributed by atoms with E-state index in [0.29, 0.717) is 6.04 Å². The number of nitrogens with zero attached hydrogens (tertiary/aromatic N) is 1. The quantitative estimate of drug-likeness (QED) is 0.632. The molecule has 1 heterocycles. The van der Waals surface area contributed by atoms with Crippen LogP contribution in [0.25, 0.3) is 0 Å². The van der Waals surface area contributed by atoms with Crippen molar-refractivity contribution in [1.29, 1.82) is 0 Å². The molecule has 0 saturated carbocycles. The zero-order valence-electron chi connectivity index (χ0n) is 11.3. The van der Waals surface area contributed by atoms with Gasteiger partial charge in [-0.15, -0.1) is 0 Å². The predicted molar refractivity (Wildman–Crippen MR) is 79.1 cm³/mol. The van der Waals surface area contributed by atoms with Crippen LogP contribution in [0.3, 0.4) is 0 Å². The number of hydrogen-bond acceptors (Lipinski definition) is 2. The van der Waals surface area contributed by atoms with Crippen LogP contribution in [0.4, 0.5) is 5.69 Å². The number of rotatable bonds is 5. The van der Waals surface area contributed by atoms with Crippen LogP contribution in [0.5, 0.6) is 0 Å². The zero-order valence-corrected chi connectivity index (χ0v) is 11.3. The van der Waals surface area contributed by atoms with Gasteiger partial charge >= 0.3 is 0 Å². The van der Waals surface area contributed by atoms with Crippen molar-refractivity contribution < 1.29 is 0 Å². The smallest absolute Gasteiger partial charge is 0.0366 e. The molecule has 0 bridgehead atoms. The second-order valence-corrected chi connectivity index (χ2v) is 4.91. The summed E-state index contributed by atoms with van der Waals surface area (Å²) in [6, 6.07) is 11.4. The average Bonchev–Trinajstić information content (AvgIpc) is 2.45. The van der Waals surface area contributed by atoms with E-state index in [1.165, 1.54) is 31.6 Å². The monoisotopic (exact) mass is 244 g/mol. The maximum Gasteiger partial charge on any atom is 0.0366 e. The van der Waals surface area contributed by atoms with E-state index in [4.69, 9.17) is 0 Å². The lowest BCUT2D eigenvalue weighted by Crippen LogP contribution is -2.42. The summed E-state index contributed by atoms with van der Waals surface area (Å²) in [6.45, 7) is 5.54. The molecule has 2 nitrogen and oxygen atoms in total. The fourth-order valence-corrected chi connectivity index (χ4v) is 2.52. The molecule has 2 rings (SSSR count). The molecule has 1 aromatic carbocycles. The van der Waals surface area contributed by atoms with E-state index in [1.807, 2.05) is 0 Å². The van der Waals surface area contributed by atoms with Crippen molar-refractivity contribution >= 4 is 5.69 Å². The lowest BCUT2D eigenvalue weighted by molar-refractivity contribution is 0.419. The molecule has 98 valence electrons. The molecule has 1 fully saturated rings. The van der Waals surface area contributed by atoms with Gasteiger partial charge < -0.3 is 10.2 Å². The van der Waals surface area contributed by atoms with Crippen LogP contribution in [-0.2, 0) is 0 Å². The number of piperidine rings is 1. The van der Waals surface area contributed by atoms with E-state index in [9.17, 15) is 0 Å². The average molecular weight is 244 g/mol. The molecule has 1 aliphatic rings. The van der Waals surface area contributed by atoms with Gasteiger partial charge in [0.2, 0.25) is 0 Å². The molecule has 1 aromatic rings. The molecule has 1 N–H and O–H groups in total. The van der Waals surface area contributed by atoms with Gasteiger partial charge in [0.05, 0.1) is 0 Å². The number of benzene rings is 1. The Labute approximate surface area is 111 Å². The van der Waals surface area contributed by atoms with Gasteiger partial charge in [-0.05, 0) is 44.9 Å². The third-order valence-electron chi connectivity index (χ3n) is 3.60. The van der Waals surface area contributed by atoms with Crippen molar-refractivity contribution in [3.8, 4) is 0 Å². The molecule has 0 aliphatic carbocycles. The summed E-state index contributed by atoms with van der Waals surface area (Å²) in [5, 5.41) is 3.65. The molecular weight excluding hydrogens is 220 g/mol. The van der Waals surface area contributed by atoms with E-state index in [1.54, 1.807) is 0 Å².